The molecule has 4 saturated heterocycles. The highest BCUT2D eigenvalue weighted by Crippen LogP contribution is 2.35. The summed E-state index contributed by atoms with van der Waals surface area (Å²) in [5.41, 5.74) is 8.15. The molecule has 5 aliphatic heterocycles. The lowest BCUT2D eigenvalue weighted by molar-refractivity contribution is -0.168. The number of likely N-dealkylation sites (N-methyl/N-ethyl adjacent to an activating group) is 1. The van der Waals surface area contributed by atoms with Crippen LogP contribution in [0.1, 0.15) is 95.6 Å². The first-order valence-electron chi connectivity index (χ1n) is 21.5. The minimum absolute atomic E-state index is 0.00329. The lowest BCUT2D eigenvalue weighted by atomic mass is 9.89. The van der Waals surface area contributed by atoms with E-state index in [1.54, 1.807) is 32.9 Å². The fraction of sp³-hybridized carbons (Fsp3) is 0.523. The van der Waals surface area contributed by atoms with Gasteiger partial charge in [0.05, 0.1) is 16.5 Å². The van der Waals surface area contributed by atoms with Gasteiger partial charge in [-0.3, -0.25) is 33.7 Å². The molecule has 0 saturated carbocycles. The molecular formula is C44H55N11O7. The van der Waals surface area contributed by atoms with E-state index in [1.807, 2.05) is 18.2 Å². The van der Waals surface area contributed by atoms with Crippen molar-refractivity contribution >= 4 is 58.6 Å². The Morgan fingerprint density at radius 1 is 0.839 bits per heavy atom. The Balaban J connectivity index is 0.827. The molecule has 62 heavy (non-hydrogen) atoms. The van der Waals surface area contributed by atoms with Crippen LogP contribution in [0.4, 0.5) is 23.1 Å². The fourth-order valence-corrected chi connectivity index (χ4v) is 8.98. The zero-order valence-electron chi connectivity index (χ0n) is 35.8. The lowest BCUT2D eigenvalue weighted by Crippen LogP contribution is -2.56. The number of piperidine rings is 2. The highest BCUT2D eigenvalue weighted by Gasteiger charge is 2.47. The maximum atomic E-state index is 13.8. The van der Waals surface area contributed by atoms with E-state index in [9.17, 15) is 28.8 Å². The number of carbonyl (C=O) groups is 6. The van der Waals surface area contributed by atoms with Crippen LogP contribution >= 0.6 is 0 Å². The Kier molecular flexibility index (Phi) is 12.0. The Bertz CT molecular complexity index is 2250. The summed E-state index contributed by atoms with van der Waals surface area (Å²) in [6.45, 7) is 12.3. The minimum Gasteiger partial charge on any atom is -0.443 e. The van der Waals surface area contributed by atoms with E-state index in [0.717, 1.165) is 99.3 Å². The number of likely N-dealkylation sites (tertiary alicyclic amines) is 2. The Hall–Kier alpha value is -6.01. The maximum Gasteiger partial charge on any atom is 0.312 e. The summed E-state index contributed by atoms with van der Waals surface area (Å²) in [6.07, 6.45) is 3.02. The van der Waals surface area contributed by atoms with Gasteiger partial charge >= 0.3 is 5.97 Å². The summed E-state index contributed by atoms with van der Waals surface area (Å²) in [4.78, 5) is 93.4. The van der Waals surface area contributed by atoms with E-state index in [-0.39, 0.29) is 35.5 Å². The number of anilines is 4. The molecule has 4 fully saturated rings. The van der Waals surface area contributed by atoms with Crippen LogP contribution < -0.4 is 20.9 Å². The Labute approximate surface area is 360 Å². The second-order valence-electron chi connectivity index (χ2n) is 18.1. The number of nitrogens with zero attached hydrogens (tertiary/aromatic N) is 9. The van der Waals surface area contributed by atoms with Crippen LogP contribution in [-0.2, 0) is 19.1 Å². The Morgan fingerprint density at radius 3 is 2.24 bits per heavy atom. The number of nitrogens with one attached hydrogen (secondary N) is 1. The predicted molar refractivity (Wildman–Crippen MR) is 229 cm³/mol. The number of fused-ring (bicyclic) bond motifs is 1. The number of hydrogen-bond donors (Lipinski definition) is 2. The number of imide groups is 2. The summed E-state index contributed by atoms with van der Waals surface area (Å²) in [6, 6.07) is 12.3. The number of ether oxygens (including phenoxy) is 1. The summed E-state index contributed by atoms with van der Waals surface area (Å²) in [7, 11) is 2.07. The molecule has 18 nitrogen and oxygen atoms in total. The fourth-order valence-electron chi connectivity index (χ4n) is 8.98. The molecule has 328 valence electrons. The average molecular weight is 850 g/mol. The number of amides is 5. The standard InChI is InChI=1S/C44H55N11O7/c1-44(2,3)42(61)62-26-54-35(56)12-11-34(41(54)60)55-39(58)32-10-9-31(23-33(32)40(55)59)53-18-13-27(25-53)24-51-16-14-29(15-17-51)28-5-7-30(8-6-28)46-38-36(37(45)57)48-49-43(47-38)52-21-19-50(4)20-22-52/h5-10,23,27,29,34H,11-22,24-26H2,1-4H3,(H2,45,57)(H,46,47,49). The number of aromatic nitrogens is 3. The van der Waals surface area contributed by atoms with Crippen LogP contribution in [0.3, 0.4) is 0 Å². The molecule has 0 radical (unpaired) electrons. The van der Waals surface area contributed by atoms with E-state index >= 15 is 0 Å². The second-order valence-corrected chi connectivity index (χ2v) is 18.1. The highest BCUT2D eigenvalue weighted by atomic mass is 16.5. The third-order valence-corrected chi connectivity index (χ3v) is 12.7. The molecule has 2 atom stereocenters. The van der Waals surface area contributed by atoms with Crippen molar-refractivity contribution < 1.29 is 33.5 Å². The van der Waals surface area contributed by atoms with Crippen molar-refractivity contribution in [3.8, 4) is 0 Å². The quantitative estimate of drug-likeness (QED) is 0.210. The van der Waals surface area contributed by atoms with E-state index in [4.69, 9.17) is 10.5 Å². The normalized spacial score (nSPS) is 21.8. The molecule has 0 aliphatic carbocycles. The van der Waals surface area contributed by atoms with Crippen molar-refractivity contribution in [2.45, 2.75) is 64.8 Å². The molecule has 2 unspecified atom stereocenters. The third kappa shape index (κ3) is 8.84. The first-order chi connectivity index (χ1) is 29.6. The van der Waals surface area contributed by atoms with E-state index < -0.39 is 53.7 Å². The number of carbonyl (C=O) groups excluding carboxylic acids is 6. The van der Waals surface area contributed by atoms with E-state index in [0.29, 0.717) is 17.8 Å². The number of rotatable bonds is 11. The van der Waals surface area contributed by atoms with Gasteiger partial charge in [-0.2, -0.15) is 4.98 Å². The number of esters is 1. The van der Waals surface area contributed by atoms with Gasteiger partial charge in [-0.15, -0.1) is 10.2 Å². The van der Waals surface area contributed by atoms with Crippen molar-refractivity contribution in [3.05, 3.63) is 64.8 Å². The molecule has 18 heteroatoms. The summed E-state index contributed by atoms with van der Waals surface area (Å²) in [5.74, 6) is -2.04. The lowest BCUT2D eigenvalue weighted by Gasteiger charge is -2.34. The Morgan fingerprint density at radius 2 is 1.55 bits per heavy atom. The predicted octanol–water partition coefficient (Wildman–Crippen LogP) is 2.83. The van der Waals surface area contributed by atoms with Crippen LogP contribution in [-0.4, -0.2) is 149 Å². The van der Waals surface area contributed by atoms with Gasteiger partial charge in [0.25, 0.3) is 23.6 Å². The molecule has 2 aromatic carbocycles. The van der Waals surface area contributed by atoms with Crippen LogP contribution in [0.2, 0.25) is 0 Å². The first-order valence-corrected chi connectivity index (χ1v) is 21.5. The third-order valence-electron chi connectivity index (χ3n) is 12.7. The van der Waals surface area contributed by atoms with Gasteiger partial charge in [0, 0.05) is 63.6 Å². The molecule has 5 amide bonds. The number of primary amides is 1. The smallest absolute Gasteiger partial charge is 0.312 e. The van der Waals surface area contributed by atoms with Gasteiger partial charge in [0.15, 0.2) is 18.2 Å². The van der Waals surface area contributed by atoms with Crippen molar-refractivity contribution in [2.75, 3.05) is 87.8 Å². The molecule has 8 rings (SSSR count). The van der Waals surface area contributed by atoms with Crippen molar-refractivity contribution in [2.24, 2.45) is 17.1 Å². The van der Waals surface area contributed by atoms with Gasteiger partial charge in [0.1, 0.15) is 6.04 Å². The van der Waals surface area contributed by atoms with Crippen LogP contribution in [0.15, 0.2) is 42.5 Å². The van der Waals surface area contributed by atoms with Gasteiger partial charge in [-0.25, -0.2) is 4.90 Å². The second kappa shape index (κ2) is 17.4. The number of piperazine rings is 1. The topological polar surface area (TPSA) is 208 Å². The van der Waals surface area contributed by atoms with Crippen molar-refractivity contribution in [3.63, 3.8) is 0 Å². The van der Waals surface area contributed by atoms with Gasteiger partial charge < -0.3 is 35.4 Å². The minimum atomic E-state index is -1.17. The largest absolute Gasteiger partial charge is 0.443 e. The van der Waals surface area contributed by atoms with Crippen LogP contribution in [0.25, 0.3) is 0 Å². The average Bonchev–Trinajstić information content (AvgIpc) is 3.82. The zero-order valence-corrected chi connectivity index (χ0v) is 35.8. The summed E-state index contributed by atoms with van der Waals surface area (Å²) >= 11 is 0. The maximum absolute atomic E-state index is 13.8. The number of benzene rings is 2. The molecule has 3 aromatic rings. The number of hydrogen-bond acceptors (Lipinski definition) is 15. The van der Waals surface area contributed by atoms with Gasteiger partial charge in [-0.1, -0.05) is 12.1 Å². The summed E-state index contributed by atoms with van der Waals surface area (Å²) in [5, 5.41) is 11.5. The molecule has 1 aromatic heterocycles. The van der Waals surface area contributed by atoms with Gasteiger partial charge in [0.2, 0.25) is 11.9 Å². The van der Waals surface area contributed by atoms with Crippen molar-refractivity contribution in [1.29, 1.82) is 0 Å². The molecule has 0 bridgehead atoms. The molecule has 6 heterocycles. The van der Waals surface area contributed by atoms with Crippen LogP contribution in [0, 0.1) is 11.3 Å². The number of nitrogens with two attached hydrogens (primary N) is 1. The molecule has 5 aliphatic rings. The van der Waals surface area contributed by atoms with E-state index in [2.05, 4.69) is 59.3 Å². The first kappa shape index (κ1) is 42.7. The summed E-state index contributed by atoms with van der Waals surface area (Å²) < 4.78 is 5.24. The SMILES string of the molecule is CN1CCN(c2nnc(C(N)=O)c(Nc3ccc(C4CCN(CC5CCN(c6ccc7c(c6)C(=O)N(C6CCC(=O)N(COC(=O)C(C)(C)C)C6=O)C7=O)C5)CC4)cc3)n2)CC1. The van der Waals surface area contributed by atoms with E-state index in [1.165, 1.54) is 5.56 Å². The molecule has 0 spiro atoms. The monoisotopic (exact) mass is 849 g/mol. The van der Waals surface area contributed by atoms with Gasteiger partial charge in [-0.05, 0) is 114 Å². The molecule has 3 N–H and O–H groups in total. The molecular weight excluding hydrogens is 795 g/mol. The zero-order chi connectivity index (χ0) is 43.9. The highest BCUT2D eigenvalue weighted by molar-refractivity contribution is 6.23. The van der Waals surface area contributed by atoms with Crippen molar-refractivity contribution in [1.82, 2.24) is 34.8 Å². The van der Waals surface area contributed by atoms with Crippen LogP contribution in [0.5, 0.6) is 0 Å².